The van der Waals surface area contributed by atoms with Gasteiger partial charge in [-0.2, -0.15) is 0 Å². The Kier molecular flexibility index (Phi) is 4.19. The second kappa shape index (κ2) is 6.54. The molecule has 0 aliphatic carbocycles. The topological polar surface area (TPSA) is 39.8 Å². The van der Waals surface area contributed by atoms with Gasteiger partial charge in [0.05, 0.1) is 11.1 Å². The SMILES string of the molecule is Cc1ccc(-n2c(C)nc3c(c(C)c(C)n3Cc3ccccc3)c2=O)cc1. The number of benzene rings is 2. The van der Waals surface area contributed by atoms with Crippen molar-refractivity contribution in [3.63, 3.8) is 0 Å². The summed E-state index contributed by atoms with van der Waals surface area (Å²) in [5.41, 5.74) is 6.05. The van der Waals surface area contributed by atoms with Crippen molar-refractivity contribution in [2.45, 2.75) is 34.2 Å². The molecule has 0 aliphatic rings. The number of aromatic nitrogens is 3. The lowest BCUT2D eigenvalue weighted by Crippen LogP contribution is -2.22. The van der Waals surface area contributed by atoms with Crippen LogP contribution in [0, 0.1) is 27.7 Å². The summed E-state index contributed by atoms with van der Waals surface area (Å²) in [6.45, 7) is 8.71. The molecule has 0 bridgehead atoms. The van der Waals surface area contributed by atoms with Gasteiger partial charge in [-0.05, 0) is 51.0 Å². The Hall–Kier alpha value is -3.14. The molecule has 4 aromatic rings. The number of aryl methyl sites for hydroxylation is 3. The van der Waals surface area contributed by atoms with Crippen molar-refractivity contribution < 1.29 is 0 Å². The highest BCUT2D eigenvalue weighted by Gasteiger charge is 2.19. The molecule has 0 amide bonds. The van der Waals surface area contributed by atoms with Crippen molar-refractivity contribution in [2.24, 2.45) is 0 Å². The van der Waals surface area contributed by atoms with Crippen LogP contribution < -0.4 is 5.56 Å². The van der Waals surface area contributed by atoms with Crippen LogP contribution in [0.3, 0.4) is 0 Å². The van der Waals surface area contributed by atoms with Crippen LogP contribution in [0.1, 0.15) is 28.2 Å². The van der Waals surface area contributed by atoms with Crippen LogP contribution in [-0.4, -0.2) is 14.1 Å². The van der Waals surface area contributed by atoms with Gasteiger partial charge in [-0.15, -0.1) is 0 Å². The second-order valence-electron chi connectivity index (χ2n) is 7.12. The van der Waals surface area contributed by atoms with E-state index in [1.54, 1.807) is 4.57 Å². The molecule has 4 rings (SSSR count). The number of hydrogen-bond donors (Lipinski definition) is 0. The van der Waals surface area contributed by atoms with E-state index >= 15 is 0 Å². The Balaban J connectivity index is 1.96. The van der Waals surface area contributed by atoms with Crippen molar-refractivity contribution in [1.29, 1.82) is 0 Å². The van der Waals surface area contributed by atoms with Gasteiger partial charge in [0.25, 0.3) is 5.56 Å². The fourth-order valence-corrected chi connectivity index (χ4v) is 3.64. The van der Waals surface area contributed by atoms with Crippen LogP contribution in [0.5, 0.6) is 0 Å². The zero-order valence-electron chi connectivity index (χ0n) is 16.2. The molecular formula is C23H23N3O. The van der Waals surface area contributed by atoms with E-state index in [0.29, 0.717) is 17.8 Å². The van der Waals surface area contributed by atoms with Crippen molar-refractivity contribution >= 4 is 11.0 Å². The summed E-state index contributed by atoms with van der Waals surface area (Å²) in [4.78, 5) is 18.2. The van der Waals surface area contributed by atoms with Gasteiger partial charge in [-0.3, -0.25) is 9.36 Å². The molecule has 2 heterocycles. The molecule has 0 saturated heterocycles. The van der Waals surface area contributed by atoms with Gasteiger partial charge in [0.2, 0.25) is 0 Å². The molecule has 0 radical (unpaired) electrons. The normalized spacial score (nSPS) is 11.3. The predicted octanol–water partition coefficient (Wildman–Crippen LogP) is 4.47. The van der Waals surface area contributed by atoms with Gasteiger partial charge in [-0.25, -0.2) is 4.98 Å². The Morgan fingerprint density at radius 2 is 1.56 bits per heavy atom. The van der Waals surface area contributed by atoms with E-state index in [1.807, 2.05) is 63.2 Å². The standard InChI is InChI=1S/C23H23N3O/c1-15-10-12-20(13-11-15)26-18(4)24-22-21(23(26)27)16(2)17(3)25(22)14-19-8-6-5-7-9-19/h5-13H,14H2,1-4H3. The van der Waals surface area contributed by atoms with Gasteiger partial charge < -0.3 is 4.57 Å². The Bertz CT molecular complexity index is 1180. The molecule has 0 saturated carbocycles. The number of rotatable bonds is 3. The summed E-state index contributed by atoms with van der Waals surface area (Å²) in [5, 5.41) is 0.703. The van der Waals surface area contributed by atoms with Crippen molar-refractivity contribution in [3.8, 4) is 5.69 Å². The van der Waals surface area contributed by atoms with E-state index in [1.165, 1.54) is 11.1 Å². The van der Waals surface area contributed by atoms with Crippen LogP contribution in [0.25, 0.3) is 16.7 Å². The lowest BCUT2D eigenvalue weighted by molar-refractivity contribution is 0.781. The zero-order valence-corrected chi connectivity index (χ0v) is 16.2. The lowest BCUT2D eigenvalue weighted by atomic mass is 10.2. The zero-order chi connectivity index (χ0) is 19.1. The predicted molar refractivity (Wildman–Crippen MR) is 110 cm³/mol. The summed E-state index contributed by atoms with van der Waals surface area (Å²) >= 11 is 0. The Labute approximate surface area is 158 Å². The molecule has 0 fully saturated rings. The number of nitrogens with zero attached hydrogens (tertiary/aromatic N) is 3. The smallest absolute Gasteiger partial charge is 0.267 e. The first-order chi connectivity index (χ1) is 13.0. The van der Waals surface area contributed by atoms with Crippen LogP contribution in [0.15, 0.2) is 59.4 Å². The minimum Gasteiger partial charge on any atom is -0.325 e. The maximum absolute atomic E-state index is 13.4. The first-order valence-electron chi connectivity index (χ1n) is 9.17. The first kappa shape index (κ1) is 17.3. The third kappa shape index (κ3) is 2.87. The highest BCUT2D eigenvalue weighted by atomic mass is 16.1. The van der Waals surface area contributed by atoms with Crippen LogP contribution in [0.2, 0.25) is 0 Å². The maximum Gasteiger partial charge on any atom is 0.267 e. The average molecular weight is 357 g/mol. The lowest BCUT2D eigenvalue weighted by Gasteiger charge is -2.12. The molecule has 0 aliphatic heterocycles. The van der Waals surface area contributed by atoms with E-state index in [4.69, 9.17) is 4.98 Å². The van der Waals surface area contributed by atoms with Crippen LogP contribution in [0.4, 0.5) is 0 Å². The van der Waals surface area contributed by atoms with Gasteiger partial charge >= 0.3 is 0 Å². The Morgan fingerprint density at radius 1 is 0.889 bits per heavy atom. The fourth-order valence-electron chi connectivity index (χ4n) is 3.64. The van der Waals surface area contributed by atoms with E-state index in [-0.39, 0.29) is 5.56 Å². The molecular weight excluding hydrogens is 334 g/mol. The highest BCUT2D eigenvalue weighted by molar-refractivity contribution is 5.81. The van der Waals surface area contributed by atoms with Gasteiger partial charge in [-0.1, -0.05) is 48.0 Å². The minimum absolute atomic E-state index is 0.00577. The maximum atomic E-state index is 13.4. The molecule has 0 N–H and O–H groups in total. The second-order valence-corrected chi connectivity index (χ2v) is 7.12. The third-order valence-corrected chi connectivity index (χ3v) is 5.29. The fraction of sp³-hybridized carbons (Fsp3) is 0.217. The van der Waals surface area contributed by atoms with Crippen molar-refractivity contribution in [1.82, 2.24) is 14.1 Å². The molecule has 136 valence electrons. The molecule has 4 nitrogen and oxygen atoms in total. The van der Waals surface area contributed by atoms with E-state index in [2.05, 4.69) is 23.6 Å². The van der Waals surface area contributed by atoms with Crippen LogP contribution >= 0.6 is 0 Å². The molecule has 0 spiro atoms. The molecule has 4 heteroatoms. The summed E-state index contributed by atoms with van der Waals surface area (Å²) in [6, 6.07) is 18.3. The average Bonchev–Trinajstić information content (AvgIpc) is 2.89. The van der Waals surface area contributed by atoms with Crippen molar-refractivity contribution in [2.75, 3.05) is 0 Å². The van der Waals surface area contributed by atoms with Gasteiger partial charge in [0.1, 0.15) is 11.5 Å². The summed E-state index contributed by atoms with van der Waals surface area (Å²) in [7, 11) is 0. The van der Waals surface area contributed by atoms with Crippen LogP contribution in [-0.2, 0) is 6.54 Å². The van der Waals surface area contributed by atoms with E-state index < -0.39 is 0 Å². The molecule has 0 unspecified atom stereocenters. The monoisotopic (exact) mass is 357 g/mol. The van der Waals surface area contributed by atoms with Gasteiger partial charge in [0.15, 0.2) is 0 Å². The van der Waals surface area contributed by atoms with Crippen molar-refractivity contribution in [3.05, 3.63) is 93.2 Å². The first-order valence-corrected chi connectivity index (χ1v) is 9.17. The third-order valence-electron chi connectivity index (χ3n) is 5.29. The molecule has 2 aromatic carbocycles. The highest BCUT2D eigenvalue weighted by Crippen LogP contribution is 2.23. The van der Waals surface area contributed by atoms with Gasteiger partial charge in [0, 0.05) is 12.2 Å². The quantitative estimate of drug-likeness (QED) is 0.543. The summed E-state index contributed by atoms with van der Waals surface area (Å²) in [5.74, 6) is 0.697. The van der Waals surface area contributed by atoms with E-state index in [0.717, 1.165) is 22.6 Å². The van der Waals surface area contributed by atoms with E-state index in [9.17, 15) is 4.79 Å². The number of hydrogen-bond acceptors (Lipinski definition) is 2. The molecule has 2 aromatic heterocycles. The summed E-state index contributed by atoms with van der Waals surface area (Å²) < 4.78 is 3.86. The molecule has 0 atom stereocenters. The number of fused-ring (bicyclic) bond motifs is 1. The summed E-state index contributed by atoms with van der Waals surface area (Å²) in [6.07, 6.45) is 0. The minimum atomic E-state index is -0.00577. The largest absolute Gasteiger partial charge is 0.325 e. The molecule has 27 heavy (non-hydrogen) atoms. The Morgan fingerprint density at radius 3 is 2.22 bits per heavy atom.